The molecule has 1 aliphatic rings. The molecule has 0 spiro atoms. The third-order valence-electron chi connectivity index (χ3n) is 3.85. The Morgan fingerprint density at radius 3 is 3.00 bits per heavy atom. The highest BCUT2D eigenvalue weighted by Crippen LogP contribution is 2.32. The molecule has 1 aliphatic heterocycles. The summed E-state index contributed by atoms with van der Waals surface area (Å²) in [5.41, 5.74) is 2.73. The van der Waals surface area contributed by atoms with Crippen molar-refractivity contribution in [3.63, 3.8) is 0 Å². The van der Waals surface area contributed by atoms with Crippen LogP contribution in [0.25, 0.3) is 0 Å². The number of likely N-dealkylation sites (tertiary alicyclic amines) is 1. The molecule has 1 fully saturated rings. The maximum absolute atomic E-state index is 4.25. The molecular formula is C15H19N3. The summed E-state index contributed by atoms with van der Waals surface area (Å²) in [6.45, 7) is 2.22. The van der Waals surface area contributed by atoms with Crippen molar-refractivity contribution >= 4 is 0 Å². The van der Waals surface area contributed by atoms with E-state index in [2.05, 4.69) is 45.9 Å². The summed E-state index contributed by atoms with van der Waals surface area (Å²) in [7, 11) is 2.12. The molecule has 0 amide bonds. The fraction of sp³-hybridized carbons (Fsp3) is 0.400. The second-order valence-electron chi connectivity index (χ2n) is 5.03. The van der Waals surface area contributed by atoms with E-state index in [1.54, 1.807) is 0 Å². The summed E-state index contributed by atoms with van der Waals surface area (Å²) in [4.78, 5) is 6.81. The molecule has 3 rings (SSSR count). The van der Waals surface area contributed by atoms with Crippen molar-refractivity contribution in [2.45, 2.75) is 25.4 Å². The van der Waals surface area contributed by atoms with E-state index in [0.29, 0.717) is 6.04 Å². The molecule has 2 aromatic rings. The van der Waals surface area contributed by atoms with Crippen LogP contribution in [0.1, 0.15) is 30.1 Å². The number of hydrogen-bond donors (Lipinski definition) is 0. The number of pyridine rings is 1. The van der Waals surface area contributed by atoms with E-state index >= 15 is 0 Å². The Kier molecular flexibility index (Phi) is 3.15. The molecule has 0 N–H and O–H groups in total. The maximum Gasteiger partial charge on any atom is 0.0393 e. The van der Waals surface area contributed by atoms with Crippen LogP contribution in [-0.4, -0.2) is 21.0 Å². The standard InChI is InChI=1S/C15H19N3/c1-17-9-3-6-14(17)12-18-10-4-7-15(18)13-5-2-8-16-11-13/h2-3,5-6,8-9,11,15H,4,7,10,12H2,1H3. The molecule has 18 heavy (non-hydrogen) atoms. The first-order chi connectivity index (χ1) is 8.84. The SMILES string of the molecule is Cn1cccc1CN1CCCC1c1cccnc1. The first kappa shape index (κ1) is 11.5. The van der Waals surface area contributed by atoms with Crippen LogP contribution in [0.4, 0.5) is 0 Å². The van der Waals surface area contributed by atoms with Gasteiger partial charge in [0.25, 0.3) is 0 Å². The molecule has 1 saturated heterocycles. The Bertz CT molecular complexity index is 503. The number of hydrogen-bond acceptors (Lipinski definition) is 2. The Balaban J connectivity index is 1.78. The van der Waals surface area contributed by atoms with E-state index in [9.17, 15) is 0 Å². The minimum atomic E-state index is 0.536. The summed E-state index contributed by atoms with van der Waals surface area (Å²) in [5.74, 6) is 0. The summed E-state index contributed by atoms with van der Waals surface area (Å²) < 4.78 is 2.21. The van der Waals surface area contributed by atoms with Crippen LogP contribution in [0.3, 0.4) is 0 Å². The van der Waals surface area contributed by atoms with Crippen LogP contribution < -0.4 is 0 Å². The second kappa shape index (κ2) is 4.94. The summed E-state index contributed by atoms with van der Waals surface area (Å²) in [6.07, 6.45) is 8.50. The summed E-state index contributed by atoms with van der Waals surface area (Å²) in [6, 6.07) is 9.09. The third-order valence-corrected chi connectivity index (χ3v) is 3.85. The van der Waals surface area contributed by atoms with Crippen molar-refractivity contribution in [1.29, 1.82) is 0 Å². The molecule has 2 aromatic heterocycles. The van der Waals surface area contributed by atoms with Crippen molar-refractivity contribution in [2.24, 2.45) is 7.05 Å². The van der Waals surface area contributed by atoms with Crippen LogP contribution in [0.2, 0.25) is 0 Å². The molecule has 3 nitrogen and oxygen atoms in total. The van der Waals surface area contributed by atoms with Gasteiger partial charge in [0.1, 0.15) is 0 Å². The smallest absolute Gasteiger partial charge is 0.0393 e. The molecule has 0 saturated carbocycles. The lowest BCUT2D eigenvalue weighted by atomic mass is 10.1. The topological polar surface area (TPSA) is 21.1 Å². The van der Waals surface area contributed by atoms with E-state index < -0.39 is 0 Å². The van der Waals surface area contributed by atoms with Gasteiger partial charge in [0.05, 0.1) is 0 Å². The quantitative estimate of drug-likeness (QED) is 0.824. The molecule has 1 atom stereocenters. The maximum atomic E-state index is 4.25. The summed E-state index contributed by atoms with van der Waals surface area (Å²) >= 11 is 0. The third kappa shape index (κ3) is 2.18. The normalized spacial score (nSPS) is 20.4. The van der Waals surface area contributed by atoms with Gasteiger partial charge >= 0.3 is 0 Å². The fourth-order valence-electron chi connectivity index (χ4n) is 2.83. The molecule has 0 aromatic carbocycles. The van der Waals surface area contributed by atoms with Crippen LogP contribution in [0.5, 0.6) is 0 Å². The Morgan fingerprint density at radius 2 is 2.28 bits per heavy atom. The lowest BCUT2D eigenvalue weighted by molar-refractivity contribution is 0.243. The molecule has 94 valence electrons. The number of nitrogens with zero attached hydrogens (tertiary/aromatic N) is 3. The van der Waals surface area contributed by atoms with Gasteiger partial charge in [-0.25, -0.2) is 0 Å². The van der Waals surface area contributed by atoms with Gasteiger partial charge in [0, 0.05) is 43.9 Å². The van der Waals surface area contributed by atoms with Gasteiger partial charge in [-0.05, 0) is 43.1 Å². The van der Waals surface area contributed by atoms with Crippen LogP contribution in [-0.2, 0) is 13.6 Å². The predicted octanol–water partition coefficient (Wildman–Crippen LogP) is 2.76. The Hall–Kier alpha value is -1.61. The highest BCUT2D eigenvalue weighted by atomic mass is 15.2. The fourth-order valence-corrected chi connectivity index (χ4v) is 2.83. The summed E-state index contributed by atoms with van der Waals surface area (Å²) in [5, 5.41) is 0. The van der Waals surface area contributed by atoms with E-state index in [1.165, 1.54) is 30.6 Å². The number of aryl methyl sites for hydroxylation is 1. The van der Waals surface area contributed by atoms with E-state index in [0.717, 1.165) is 6.54 Å². The highest BCUT2D eigenvalue weighted by molar-refractivity contribution is 5.16. The number of rotatable bonds is 3. The average molecular weight is 241 g/mol. The first-order valence-electron chi connectivity index (χ1n) is 6.59. The molecule has 1 unspecified atom stereocenters. The van der Waals surface area contributed by atoms with Gasteiger partial charge in [-0.2, -0.15) is 0 Å². The van der Waals surface area contributed by atoms with Crippen molar-refractivity contribution in [3.8, 4) is 0 Å². The first-order valence-corrected chi connectivity index (χ1v) is 6.59. The lowest BCUT2D eigenvalue weighted by Crippen LogP contribution is -2.23. The zero-order valence-electron chi connectivity index (χ0n) is 10.8. The Morgan fingerprint density at radius 1 is 1.33 bits per heavy atom. The van der Waals surface area contributed by atoms with Gasteiger partial charge in [-0.1, -0.05) is 6.07 Å². The van der Waals surface area contributed by atoms with E-state index in [1.807, 2.05) is 18.5 Å². The molecular weight excluding hydrogens is 222 g/mol. The van der Waals surface area contributed by atoms with Crippen molar-refractivity contribution in [3.05, 3.63) is 54.1 Å². The highest BCUT2D eigenvalue weighted by Gasteiger charge is 2.26. The minimum absolute atomic E-state index is 0.536. The van der Waals surface area contributed by atoms with Crippen LogP contribution >= 0.6 is 0 Å². The van der Waals surface area contributed by atoms with Crippen molar-refractivity contribution < 1.29 is 0 Å². The van der Waals surface area contributed by atoms with Crippen LogP contribution in [0.15, 0.2) is 42.9 Å². The largest absolute Gasteiger partial charge is 0.353 e. The second-order valence-corrected chi connectivity index (χ2v) is 5.03. The van der Waals surface area contributed by atoms with Crippen molar-refractivity contribution in [2.75, 3.05) is 6.54 Å². The van der Waals surface area contributed by atoms with Gasteiger partial charge in [0.15, 0.2) is 0 Å². The monoisotopic (exact) mass is 241 g/mol. The van der Waals surface area contributed by atoms with Crippen molar-refractivity contribution in [1.82, 2.24) is 14.5 Å². The predicted molar refractivity (Wildman–Crippen MR) is 72.0 cm³/mol. The van der Waals surface area contributed by atoms with Gasteiger partial charge in [-0.15, -0.1) is 0 Å². The molecule has 0 bridgehead atoms. The zero-order valence-corrected chi connectivity index (χ0v) is 10.8. The zero-order chi connectivity index (χ0) is 12.4. The molecule has 3 heteroatoms. The van der Waals surface area contributed by atoms with Crippen LogP contribution in [0, 0.1) is 0 Å². The van der Waals surface area contributed by atoms with Gasteiger partial charge in [-0.3, -0.25) is 9.88 Å². The van der Waals surface area contributed by atoms with E-state index in [4.69, 9.17) is 0 Å². The Labute approximate surface area is 108 Å². The lowest BCUT2D eigenvalue weighted by Gasteiger charge is -2.24. The van der Waals surface area contributed by atoms with Gasteiger partial charge in [0.2, 0.25) is 0 Å². The average Bonchev–Trinajstić information content (AvgIpc) is 3.01. The number of aromatic nitrogens is 2. The molecule has 0 aliphatic carbocycles. The minimum Gasteiger partial charge on any atom is -0.353 e. The molecule has 0 radical (unpaired) electrons. The van der Waals surface area contributed by atoms with E-state index in [-0.39, 0.29) is 0 Å². The molecule has 3 heterocycles. The van der Waals surface area contributed by atoms with Gasteiger partial charge < -0.3 is 4.57 Å².